The number of fused-ring (bicyclic) bond motifs is 1. The number of methoxy groups -OCH3 is 1. The third kappa shape index (κ3) is 3.97. The molecule has 1 heterocycles. The van der Waals surface area contributed by atoms with Gasteiger partial charge in [-0.2, -0.15) is 0 Å². The molecule has 0 atom stereocenters. The van der Waals surface area contributed by atoms with Crippen LogP contribution in [-0.2, 0) is 0 Å². The van der Waals surface area contributed by atoms with Crippen LogP contribution in [0.15, 0.2) is 75.6 Å². The number of amides is 1. The van der Waals surface area contributed by atoms with Crippen LogP contribution in [0.25, 0.3) is 11.0 Å². The summed E-state index contributed by atoms with van der Waals surface area (Å²) >= 11 is 9.35. The molecule has 0 saturated carbocycles. The Labute approximate surface area is 185 Å². The van der Waals surface area contributed by atoms with E-state index in [-0.39, 0.29) is 17.5 Å². The number of halogens is 2. The van der Waals surface area contributed by atoms with Crippen molar-refractivity contribution in [1.29, 1.82) is 0 Å². The average molecular weight is 485 g/mol. The van der Waals surface area contributed by atoms with Crippen LogP contribution in [0.5, 0.6) is 5.75 Å². The molecule has 0 saturated heterocycles. The van der Waals surface area contributed by atoms with Crippen molar-refractivity contribution < 1.29 is 18.7 Å². The molecule has 0 radical (unpaired) electrons. The van der Waals surface area contributed by atoms with Crippen molar-refractivity contribution in [2.45, 2.75) is 0 Å². The van der Waals surface area contributed by atoms with Gasteiger partial charge in [-0.3, -0.25) is 9.59 Å². The minimum atomic E-state index is -0.387. The van der Waals surface area contributed by atoms with E-state index in [1.807, 2.05) is 0 Å². The smallest absolute Gasteiger partial charge is 0.255 e. The van der Waals surface area contributed by atoms with Crippen LogP contribution in [0.3, 0.4) is 0 Å². The predicted octanol–water partition coefficient (Wildman–Crippen LogP) is 6.34. The number of carbonyl (C=O) groups is 2. The zero-order valence-electron chi connectivity index (χ0n) is 15.7. The lowest BCUT2D eigenvalue weighted by atomic mass is 10.1. The molecule has 0 spiro atoms. The molecular weight excluding hydrogens is 470 g/mol. The summed E-state index contributed by atoms with van der Waals surface area (Å²) in [5.41, 5.74) is 1.58. The quantitative estimate of drug-likeness (QED) is 0.336. The molecule has 1 N–H and O–H groups in total. The second kappa shape index (κ2) is 8.34. The van der Waals surface area contributed by atoms with Gasteiger partial charge in [0.05, 0.1) is 12.8 Å². The zero-order valence-corrected chi connectivity index (χ0v) is 18.1. The van der Waals surface area contributed by atoms with Crippen molar-refractivity contribution in [1.82, 2.24) is 0 Å². The van der Waals surface area contributed by atoms with Crippen molar-refractivity contribution >= 4 is 55.9 Å². The van der Waals surface area contributed by atoms with E-state index in [9.17, 15) is 9.59 Å². The number of hydrogen-bond donors (Lipinski definition) is 1. The first-order valence-corrected chi connectivity index (χ1v) is 10.1. The Bertz CT molecular complexity index is 1260. The van der Waals surface area contributed by atoms with Crippen molar-refractivity contribution in [3.8, 4) is 5.75 Å². The second-order valence-electron chi connectivity index (χ2n) is 6.47. The summed E-state index contributed by atoms with van der Waals surface area (Å²) < 4.78 is 11.8. The van der Waals surface area contributed by atoms with Gasteiger partial charge in [0.1, 0.15) is 11.3 Å². The fourth-order valence-corrected chi connectivity index (χ4v) is 3.52. The number of hydrogen-bond acceptors (Lipinski definition) is 4. The fraction of sp³-hybridized carbons (Fsp3) is 0.0435. The Morgan fingerprint density at radius 2 is 1.77 bits per heavy atom. The summed E-state index contributed by atoms with van der Waals surface area (Å²) in [6.45, 7) is 0. The Hall–Kier alpha value is -3.09. The highest BCUT2D eigenvalue weighted by Gasteiger charge is 2.24. The highest BCUT2D eigenvalue weighted by Crippen LogP contribution is 2.35. The summed E-state index contributed by atoms with van der Waals surface area (Å²) in [4.78, 5) is 26.0. The van der Waals surface area contributed by atoms with Gasteiger partial charge in [0, 0.05) is 26.0 Å². The third-order valence-corrected chi connectivity index (χ3v) is 5.28. The maximum Gasteiger partial charge on any atom is 0.255 e. The first-order chi connectivity index (χ1) is 14.5. The molecule has 0 aliphatic rings. The molecule has 0 bridgehead atoms. The number of ketones is 1. The van der Waals surface area contributed by atoms with Crippen molar-refractivity contribution in [3.05, 3.63) is 93.1 Å². The molecule has 0 fully saturated rings. The summed E-state index contributed by atoms with van der Waals surface area (Å²) in [5, 5.41) is 3.96. The first-order valence-electron chi connectivity index (χ1n) is 8.94. The molecule has 30 heavy (non-hydrogen) atoms. The molecule has 1 amide bonds. The Morgan fingerprint density at radius 1 is 1.00 bits per heavy atom. The van der Waals surface area contributed by atoms with Crippen molar-refractivity contribution in [3.63, 3.8) is 0 Å². The zero-order chi connectivity index (χ0) is 21.3. The standard InChI is InChI=1S/C23H15BrClNO4/c1-29-17-4-2-3-14(11-17)23(28)26-20-18-12-15(24)7-10-19(18)30-22(20)21(27)13-5-8-16(25)9-6-13/h2-12H,1H3,(H,26,28). The van der Waals surface area contributed by atoms with E-state index in [0.29, 0.717) is 38.6 Å². The number of ether oxygens (including phenoxy) is 1. The Kier molecular flexibility index (Phi) is 5.61. The van der Waals surface area contributed by atoms with Crippen LogP contribution in [0.4, 0.5) is 5.69 Å². The van der Waals surface area contributed by atoms with Crippen molar-refractivity contribution in [2.24, 2.45) is 0 Å². The number of furan rings is 1. The van der Waals surface area contributed by atoms with Gasteiger partial charge in [-0.15, -0.1) is 0 Å². The lowest BCUT2D eigenvalue weighted by Gasteiger charge is -2.08. The molecule has 4 rings (SSSR count). The van der Waals surface area contributed by atoms with E-state index in [0.717, 1.165) is 4.47 Å². The van der Waals surface area contributed by atoms with E-state index in [1.165, 1.54) is 7.11 Å². The van der Waals surface area contributed by atoms with E-state index >= 15 is 0 Å². The van der Waals surface area contributed by atoms with Crippen LogP contribution in [-0.4, -0.2) is 18.8 Å². The largest absolute Gasteiger partial charge is 0.497 e. The third-order valence-electron chi connectivity index (χ3n) is 4.53. The summed E-state index contributed by atoms with van der Waals surface area (Å²) in [6.07, 6.45) is 0. The number of anilines is 1. The van der Waals surface area contributed by atoms with Crippen LogP contribution in [0, 0.1) is 0 Å². The van der Waals surface area contributed by atoms with Gasteiger partial charge in [0.2, 0.25) is 5.78 Å². The van der Waals surface area contributed by atoms with Gasteiger partial charge in [0.25, 0.3) is 5.91 Å². The maximum absolute atomic E-state index is 13.1. The molecule has 3 aromatic carbocycles. The average Bonchev–Trinajstić information content (AvgIpc) is 3.11. The molecule has 1 aromatic heterocycles. The number of carbonyl (C=O) groups excluding carboxylic acids is 2. The molecule has 0 aliphatic heterocycles. The summed E-state index contributed by atoms with van der Waals surface area (Å²) in [5.74, 6) is -0.150. The molecule has 4 aromatic rings. The minimum absolute atomic E-state index is 0.0432. The van der Waals surface area contributed by atoms with Crippen molar-refractivity contribution in [2.75, 3.05) is 12.4 Å². The van der Waals surface area contributed by atoms with Gasteiger partial charge >= 0.3 is 0 Å². The monoisotopic (exact) mass is 483 g/mol. The summed E-state index contributed by atoms with van der Waals surface area (Å²) in [6, 6.07) is 18.6. The number of benzene rings is 3. The van der Waals surface area contributed by atoms with E-state index < -0.39 is 0 Å². The van der Waals surface area contributed by atoms with Crippen LogP contribution in [0.2, 0.25) is 5.02 Å². The SMILES string of the molecule is COc1cccc(C(=O)Nc2c(C(=O)c3ccc(Cl)cc3)oc3ccc(Br)cc23)c1. The lowest BCUT2D eigenvalue weighted by Crippen LogP contribution is -2.14. The molecule has 0 aliphatic carbocycles. The second-order valence-corrected chi connectivity index (χ2v) is 7.82. The normalized spacial score (nSPS) is 10.8. The van der Waals surface area contributed by atoms with Crippen LogP contribution < -0.4 is 10.1 Å². The molecule has 7 heteroatoms. The predicted molar refractivity (Wildman–Crippen MR) is 120 cm³/mol. The molecule has 5 nitrogen and oxygen atoms in total. The molecule has 150 valence electrons. The number of nitrogens with one attached hydrogen (secondary N) is 1. The van der Waals surface area contributed by atoms with Crippen LogP contribution in [0.1, 0.15) is 26.5 Å². The molecule has 0 unspecified atom stereocenters. The minimum Gasteiger partial charge on any atom is -0.497 e. The van der Waals surface area contributed by atoms with Gasteiger partial charge in [-0.1, -0.05) is 33.6 Å². The highest BCUT2D eigenvalue weighted by atomic mass is 79.9. The van der Waals surface area contributed by atoms with Gasteiger partial charge in [0.15, 0.2) is 5.76 Å². The van der Waals surface area contributed by atoms with E-state index in [1.54, 1.807) is 66.7 Å². The number of rotatable bonds is 5. The summed E-state index contributed by atoms with van der Waals surface area (Å²) in [7, 11) is 1.53. The van der Waals surface area contributed by atoms with E-state index in [4.69, 9.17) is 20.8 Å². The van der Waals surface area contributed by atoms with E-state index in [2.05, 4.69) is 21.2 Å². The fourth-order valence-electron chi connectivity index (χ4n) is 3.04. The Morgan fingerprint density at radius 3 is 2.50 bits per heavy atom. The lowest BCUT2D eigenvalue weighted by molar-refractivity contribution is 0.101. The molecular formula is C23H15BrClNO4. The highest BCUT2D eigenvalue weighted by molar-refractivity contribution is 9.10. The van der Waals surface area contributed by atoms with Crippen LogP contribution >= 0.6 is 27.5 Å². The van der Waals surface area contributed by atoms with Gasteiger partial charge in [-0.05, 0) is 60.7 Å². The first kappa shape index (κ1) is 20.2. The Balaban J connectivity index is 1.79. The topological polar surface area (TPSA) is 68.5 Å². The van der Waals surface area contributed by atoms with Gasteiger partial charge in [-0.25, -0.2) is 0 Å². The van der Waals surface area contributed by atoms with Gasteiger partial charge < -0.3 is 14.5 Å². The maximum atomic E-state index is 13.1.